The Labute approximate surface area is 144 Å². The van der Waals surface area contributed by atoms with Gasteiger partial charge in [-0.15, -0.1) is 0 Å². The van der Waals surface area contributed by atoms with Crippen LogP contribution in [0.3, 0.4) is 0 Å². The van der Waals surface area contributed by atoms with Crippen LogP contribution < -0.4 is 0 Å². The van der Waals surface area contributed by atoms with E-state index in [1.54, 1.807) is 0 Å². The van der Waals surface area contributed by atoms with Gasteiger partial charge in [-0.25, -0.2) is 0 Å². The first-order valence-corrected chi connectivity index (χ1v) is 9.48. The minimum atomic E-state index is 0.147. The summed E-state index contributed by atoms with van der Waals surface area (Å²) in [6, 6.07) is 9.64. The normalized spacial score (nSPS) is 28.8. The van der Waals surface area contributed by atoms with Gasteiger partial charge < -0.3 is 14.5 Å². The van der Waals surface area contributed by atoms with Gasteiger partial charge >= 0.3 is 0 Å². The molecule has 24 heavy (non-hydrogen) atoms. The van der Waals surface area contributed by atoms with Gasteiger partial charge in [0, 0.05) is 44.2 Å². The van der Waals surface area contributed by atoms with Gasteiger partial charge in [0.05, 0.1) is 12.7 Å². The number of benzene rings is 1. The molecule has 0 aromatic heterocycles. The molecular formula is C20H28N2O2. The highest BCUT2D eigenvalue weighted by Gasteiger charge is 2.38. The Morgan fingerprint density at radius 2 is 1.88 bits per heavy atom. The number of hydrogen-bond donors (Lipinski definition) is 0. The molecule has 0 spiro atoms. The third-order valence-corrected chi connectivity index (χ3v) is 5.90. The van der Waals surface area contributed by atoms with Crippen LogP contribution in [-0.4, -0.2) is 61.1 Å². The average Bonchev–Trinajstić information content (AvgIpc) is 3.20. The zero-order valence-corrected chi connectivity index (χ0v) is 14.4. The van der Waals surface area contributed by atoms with Gasteiger partial charge in [-0.3, -0.25) is 4.79 Å². The van der Waals surface area contributed by atoms with E-state index in [0.29, 0.717) is 25.2 Å². The lowest BCUT2D eigenvalue weighted by molar-refractivity contribution is 0.0497. The summed E-state index contributed by atoms with van der Waals surface area (Å²) in [6.07, 6.45) is 5.90. The highest BCUT2D eigenvalue weighted by molar-refractivity contribution is 5.94. The van der Waals surface area contributed by atoms with Crippen molar-refractivity contribution in [3.05, 3.63) is 35.9 Å². The first-order valence-electron chi connectivity index (χ1n) is 9.48. The number of likely N-dealkylation sites (tertiary alicyclic amines) is 1. The second-order valence-electron chi connectivity index (χ2n) is 7.66. The second-order valence-corrected chi connectivity index (χ2v) is 7.66. The molecule has 3 fully saturated rings. The van der Waals surface area contributed by atoms with Crippen LogP contribution in [0.1, 0.15) is 36.0 Å². The first kappa shape index (κ1) is 16.1. The predicted molar refractivity (Wildman–Crippen MR) is 94.0 cm³/mol. The Kier molecular flexibility index (Phi) is 4.86. The van der Waals surface area contributed by atoms with Crippen LogP contribution in [0.25, 0.3) is 0 Å². The van der Waals surface area contributed by atoms with E-state index >= 15 is 0 Å². The molecule has 4 nitrogen and oxygen atoms in total. The van der Waals surface area contributed by atoms with Gasteiger partial charge in [0.2, 0.25) is 0 Å². The molecule has 2 saturated heterocycles. The van der Waals surface area contributed by atoms with Crippen LogP contribution >= 0.6 is 0 Å². The van der Waals surface area contributed by atoms with Crippen molar-refractivity contribution in [3.63, 3.8) is 0 Å². The van der Waals surface area contributed by atoms with Gasteiger partial charge in [-0.2, -0.15) is 0 Å². The van der Waals surface area contributed by atoms with Crippen molar-refractivity contribution in [2.75, 3.05) is 39.3 Å². The Morgan fingerprint density at radius 1 is 1.08 bits per heavy atom. The van der Waals surface area contributed by atoms with Crippen LogP contribution in [0, 0.1) is 11.8 Å². The quantitative estimate of drug-likeness (QED) is 0.855. The Balaban J connectivity index is 1.38. The van der Waals surface area contributed by atoms with Crippen molar-refractivity contribution in [2.24, 2.45) is 11.8 Å². The maximum absolute atomic E-state index is 12.8. The van der Waals surface area contributed by atoms with E-state index in [9.17, 15) is 4.79 Å². The Morgan fingerprint density at radius 3 is 2.67 bits per heavy atom. The van der Waals surface area contributed by atoms with Crippen molar-refractivity contribution < 1.29 is 9.53 Å². The molecule has 1 aliphatic carbocycles. The number of rotatable bonds is 3. The summed E-state index contributed by atoms with van der Waals surface area (Å²) in [5, 5.41) is 0. The Hall–Kier alpha value is -1.39. The van der Waals surface area contributed by atoms with E-state index in [2.05, 4.69) is 4.90 Å². The minimum Gasteiger partial charge on any atom is -0.375 e. The molecule has 0 unspecified atom stereocenters. The van der Waals surface area contributed by atoms with Gasteiger partial charge in [-0.05, 0) is 30.9 Å². The van der Waals surface area contributed by atoms with Gasteiger partial charge in [-0.1, -0.05) is 31.0 Å². The smallest absolute Gasteiger partial charge is 0.253 e. The molecule has 0 N–H and O–H groups in total. The van der Waals surface area contributed by atoms with E-state index in [1.165, 1.54) is 32.2 Å². The molecule has 4 rings (SSSR count). The molecule has 1 aromatic carbocycles. The molecule has 3 aliphatic rings. The predicted octanol–water partition coefficient (Wildman–Crippen LogP) is 2.65. The van der Waals surface area contributed by atoms with Gasteiger partial charge in [0.1, 0.15) is 0 Å². The highest BCUT2D eigenvalue weighted by atomic mass is 16.5. The molecule has 4 heteroatoms. The van der Waals surface area contributed by atoms with E-state index in [4.69, 9.17) is 4.74 Å². The summed E-state index contributed by atoms with van der Waals surface area (Å²) in [6.45, 7) is 5.57. The van der Waals surface area contributed by atoms with E-state index < -0.39 is 0 Å². The molecule has 2 atom stereocenters. The molecule has 1 amide bonds. The summed E-state index contributed by atoms with van der Waals surface area (Å²) in [5.74, 6) is 1.49. The number of hydrogen-bond acceptors (Lipinski definition) is 3. The summed E-state index contributed by atoms with van der Waals surface area (Å²) in [7, 11) is 0. The lowest BCUT2D eigenvalue weighted by Gasteiger charge is -2.24. The third kappa shape index (κ3) is 3.50. The molecule has 1 aromatic rings. The van der Waals surface area contributed by atoms with Crippen molar-refractivity contribution in [3.8, 4) is 0 Å². The summed E-state index contributed by atoms with van der Waals surface area (Å²) in [5.41, 5.74) is 0.789. The highest BCUT2D eigenvalue weighted by Crippen LogP contribution is 2.30. The molecule has 0 radical (unpaired) electrons. The van der Waals surface area contributed by atoms with Crippen LogP contribution in [0.15, 0.2) is 30.3 Å². The van der Waals surface area contributed by atoms with Crippen LogP contribution in [0.2, 0.25) is 0 Å². The lowest BCUT2D eigenvalue weighted by Crippen LogP contribution is -2.37. The maximum atomic E-state index is 12.8. The fourth-order valence-electron chi connectivity index (χ4n) is 4.63. The topological polar surface area (TPSA) is 32.8 Å². The molecule has 2 aliphatic heterocycles. The number of carbonyl (C=O) groups excluding carboxylic acids is 1. The zero-order valence-electron chi connectivity index (χ0n) is 14.4. The average molecular weight is 328 g/mol. The van der Waals surface area contributed by atoms with Crippen molar-refractivity contribution >= 4 is 5.91 Å². The van der Waals surface area contributed by atoms with Crippen LogP contribution in [0.4, 0.5) is 0 Å². The van der Waals surface area contributed by atoms with E-state index in [0.717, 1.165) is 31.1 Å². The number of carbonyl (C=O) groups is 1. The summed E-state index contributed by atoms with van der Waals surface area (Å²) >= 11 is 0. The standard InChI is InChI=1S/C20H28N2O2/c23-20(17-8-2-1-3-9-17)22-10-11-24-19-15-21(13-18(19)14-22)12-16-6-4-5-7-16/h1-3,8-9,16,18-19H,4-7,10-15H2/t18-,19-/m1/s1. The third-order valence-electron chi connectivity index (χ3n) is 5.90. The first-order chi connectivity index (χ1) is 11.8. The lowest BCUT2D eigenvalue weighted by atomic mass is 10.1. The van der Waals surface area contributed by atoms with Crippen molar-refractivity contribution in [2.45, 2.75) is 31.8 Å². The maximum Gasteiger partial charge on any atom is 0.253 e. The monoisotopic (exact) mass is 328 g/mol. The van der Waals surface area contributed by atoms with Crippen molar-refractivity contribution in [1.29, 1.82) is 0 Å². The van der Waals surface area contributed by atoms with Crippen LogP contribution in [-0.2, 0) is 4.74 Å². The number of ether oxygens (including phenoxy) is 1. The fourth-order valence-corrected chi connectivity index (χ4v) is 4.63. The van der Waals surface area contributed by atoms with Gasteiger partial charge in [0.25, 0.3) is 5.91 Å². The van der Waals surface area contributed by atoms with Crippen LogP contribution in [0.5, 0.6) is 0 Å². The Bertz CT molecular complexity index is 556. The molecule has 0 bridgehead atoms. The molecule has 130 valence electrons. The van der Waals surface area contributed by atoms with Crippen molar-refractivity contribution in [1.82, 2.24) is 9.80 Å². The minimum absolute atomic E-state index is 0.147. The number of nitrogens with zero attached hydrogens (tertiary/aromatic N) is 2. The summed E-state index contributed by atoms with van der Waals surface area (Å²) < 4.78 is 6.10. The molecule has 1 saturated carbocycles. The SMILES string of the molecule is O=C(c1ccccc1)N1CCO[C@@H]2CN(CC3CCCC3)C[C@@H]2C1. The second kappa shape index (κ2) is 7.24. The van der Waals surface area contributed by atoms with Gasteiger partial charge in [0.15, 0.2) is 0 Å². The largest absolute Gasteiger partial charge is 0.375 e. The van der Waals surface area contributed by atoms with E-state index in [1.807, 2.05) is 35.2 Å². The zero-order chi connectivity index (χ0) is 16.4. The summed E-state index contributed by atoms with van der Waals surface area (Å²) in [4.78, 5) is 17.3. The fraction of sp³-hybridized carbons (Fsp3) is 0.650. The molecular weight excluding hydrogens is 300 g/mol. The van der Waals surface area contributed by atoms with E-state index in [-0.39, 0.29) is 5.91 Å². The number of amides is 1. The molecule has 2 heterocycles. The number of fused-ring (bicyclic) bond motifs is 1.